The van der Waals surface area contributed by atoms with Crippen molar-refractivity contribution < 1.29 is 155 Å². The Morgan fingerprint density at radius 3 is 1.39 bits per heavy atom. The molecule has 0 fully saturated rings. The maximum atomic E-state index is 13.8. The van der Waals surface area contributed by atoms with Crippen molar-refractivity contribution in [2.24, 2.45) is 16.6 Å². The summed E-state index contributed by atoms with van der Waals surface area (Å²) in [5, 5.41) is 14.7. The molecule has 0 saturated heterocycles. The number of aromatic nitrogens is 2. The van der Waals surface area contributed by atoms with Crippen molar-refractivity contribution in [2.45, 2.75) is 135 Å². The molecule has 0 aliphatic carbocycles. The monoisotopic (exact) mass is 2910 g/mol. The van der Waals surface area contributed by atoms with Crippen molar-refractivity contribution in [1.82, 2.24) is 15.3 Å². The summed E-state index contributed by atoms with van der Waals surface area (Å²) in [6.45, 7) is 22.2. The summed E-state index contributed by atoms with van der Waals surface area (Å²) in [5.74, 6) is -16.0. The molecule has 1 aliphatic heterocycles. The summed E-state index contributed by atoms with van der Waals surface area (Å²) < 4.78 is 168. The van der Waals surface area contributed by atoms with Gasteiger partial charge in [-0.2, -0.15) is 10.3 Å². The van der Waals surface area contributed by atoms with Gasteiger partial charge in [-0.25, -0.2) is 73.2 Å². The number of hydrogen-bond acceptors (Lipinski definition) is 23. The van der Waals surface area contributed by atoms with Gasteiger partial charge in [0.2, 0.25) is 0 Å². The van der Waals surface area contributed by atoms with Crippen molar-refractivity contribution in [2.75, 3.05) is 50.7 Å². The van der Waals surface area contributed by atoms with Gasteiger partial charge in [0.05, 0.1) is 43.1 Å². The van der Waals surface area contributed by atoms with Crippen LogP contribution in [0.1, 0.15) is 171 Å². The number of aliphatic imine (C=N–C) groups is 1. The summed E-state index contributed by atoms with van der Waals surface area (Å²) in [6.07, 6.45) is 11.1. The van der Waals surface area contributed by atoms with Crippen molar-refractivity contribution in [3.63, 3.8) is 0 Å². The molecule has 1 aliphatic rings. The molecule has 21 nitrogen and oxygen atoms in total. The molecule has 7 aromatic rings. The van der Waals surface area contributed by atoms with Crippen molar-refractivity contribution in [1.29, 1.82) is 5.41 Å². The van der Waals surface area contributed by atoms with E-state index in [-0.39, 0.29) is 137 Å². The van der Waals surface area contributed by atoms with Gasteiger partial charge in [0.15, 0.2) is 91.4 Å². The van der Waals surface area contributed by atoms with E-state index in [2.05, 4.69) is 259 Å². The van der Waals surface area contributed by atoms with E-state index in [9.17, 15) is 95.7 Å². The van der Waals surface area contributed by atoms with Gasteiger partial charge in [0.25, 0.3) is 0 Å². The van der Waals surface area contributed by atoms with Crippen molar-refractivity contribution >= 4 is 317 Å². The van der Waals surface area contributed by atoms with Gasteiger partial charge in [-0.1, -0.05) is 224 Å². The number of halogens is 19. The fourth-order valence-electron chi connectivity index (χ4n) is 8.59. The minimum Gasteiger partial charge on any atom is -0.469 e. The molecule has 3 heterocycles. The van der Waals surface area contributed by atoms with E-state index in [1.54, 1.807) is 43.9 Å². The average molecular weight is 2910 g/mol. The van der Waals surface area contributed by atoms with E-state index in [0.717, 1.165) is 82.9 Å². The molecule has 3 unspecified atom stereocenters. The number of nitrogens with two attached hydrogens (primary N) is 1. The van der Waals surface area contributed by atoms with Gasteiger partial charge >= 0.3 is 46.9 Å². The van der Waals surface area contributed by atoms with Gasteiger partial charge in [-0.15, -0.1) is 22.7 Å². The molecule has 5 aromatic carbocycles. The third-order valence-corrected chi connectivity index (χ3v) is 22.4. The molecule has 8 rings (SSSR count). The van der Waals surface area contributed by atoms with Crippen LogP contribution in [0.5, 0.6) is 0 Å². The third kappa shape index (κ3) is 63.7. The molecule has 0 spiro atoms. The molecular formula is C87H103CuF11I8LiN6O15S3V-. The molecule has 4 N–H and O–H groups in total. The Kier molecular flexibility index (Phi) is 93.0. The van der Waals surface area contributed by atoms with Crippen molar-refractivity contribution in [3.8, 4) is 0 Å². The molecular weight excluding hydrogens is 2810 g/mol. The quantitative estimate of drug-likeness (QED) is 0.00480. The topological polar surface area (TPSA) is 317 Å². The number of amidine groups is 2. The fraction of sp³-hybridized carbons (Fsp3) is 0.356. The van der Waals surface area contributed by atoms with Gasteiger partial charge in [-0.05, 0) is 177 Å². The van der Waals surface area contributed by atoms with Gasteiger partial charge < -0.3 is 64.8 Å². The molecule has 3 atom stereocenters. The number of nitrogens with one attached hydrogen (secondary N) is 2. The number of Topliss-reactive ketones (excluding diaryl/α,β-unsaturated/α-hetero) is 4. The molecule has 0 bridgehead atoms. The van der Waals surface area contributed by atoms with Crippen LogP contribution in [0.4, 0.5) is 47.8 Å². The van der Waals surface area contributed by atoms with Crippen LogP contribution in [0, 0.1) is 81.4 Å². The van der Waals surface area contributed by atoms with E-state index >= 15 is 0 Å². The first-order valence-corrected chi connectivity index (χ1v) is 50.0. The summed E-state index contributed by atoms with van der Waals surface area (Å²) >= 11 is 21.9. The molecule has 2 aromatic heterocycles. The van der Waals surface area contributed by atoms with E-state index < -0.39 is 117 Å². The zero-order valence-corrected chi connectivity index (χ0v) is 98.1. The Morgan fingerprint density at radius 2 is 1.08 bits per heavy atom. The van der Waals surface area contributed by atoms with E-state index in [1.165, 1.54) is 150 Å². The van der Waals surface area contributed by atoms with Crippen LogP contribution in [0.2, 0.25) is 0 Å². The maximum absolute atomic E-state index is 13.8. The minimum atomic E-state index is -1.25. The normalized spacial score (nSPS) is 12.1. The van der Waals surface area contributed by atoms with Crippen LogP contribution in [0.25, 0.3) is 11.6 Å². The van der Waals surface area contributed by atoms with Crippen LogP contribution in [-0.4, -0.2) is 152 Å². The predicted octanol–water partition coefficient (Wildman–Crippen LogP) is 25.0. The minimum absolute atomic E-state index is 0. The van der Waals surface area contributed by atoms with E-state index in [1.807, 2.05) is 0 Å². The number of esters is 5. The summed E-state index contributed by atoms with van der Waals surface area (Å²) in [7, 11) is 5.96. The van der Waals surface area contributed by atoms with Crippen LogP contribution >= 0.6 is 216 Å². The zero-order valence-electron chi connectivity index (χ0n) is 76.1. The van der Waals surface area contributed by atoms with E-state index in [4.69, 9.17) is 15.9 Å². The van der Waals surface area contributed by atoms with Crippen LogP contribution in [0.3, 0.4) is 0 Å². The van der Waals surface area contributed by atoms with Crippen LogP contribution in [-0.2, 0) is 108 Å². The van der Waals surface area contributed by atoms with Gasteiger partial charge in [0.1, 0.15) is 46.3 Å². The summed E-state index contributed by atoms with van der Waals surface area (Å²) in [5.41, 5.74) is 5.73. The SMILES string of the molecule is CCC(I)(I)I.CCC(I)I.CCCI.CCI.CC[CH-]I.COC(=O)/C(=C\c1ccc(F)c(F)c1)C(C)=O.COC(=O)/C(C(C)=O)=C(/C)c1ccc(F)c(F)c1.COC(=O)C(C(C)=O)C(C)c1ccc(F)c(F)c1.COC(=O)C1=C(C)NC(c2nccs2)=NC1(C)c1ccc(F)c(F)c1.COC(=O)CC(C)=O.CSF.N=C(N)c1nccs1.O=Cc1ccc(F)c(F)c1.[CH3-].[Cu+].[Li].[V]. The second-order valence-corrected chi connectivity index (χ2v) is 47.3. The maximum Gasteiger partial charge on any atom is 1.00 e. The number of carbonyl (C=O) groups excluding carboxylic acids is 10. The molecule has 2 radical (unpaired) electrons. The number of ketones is 4. The third-order valence-electron chi connectivity index (χ3n) is 14.8. The number of hydrogen-bond donors (Lipinski definition) is 3. The first-order valence-electron chi connectivity index (χ1n) is 37.1. The summed E-state index contributed by atoms with van der Waals surface area (Å²) in [4.78, 5) is 123. The van der Waals surface area contributed by atoms with Crippen LogP contribution in [0.15, 0.2) is 142 Å². The number of nitrogen functional groups attached to an aromatic ring is 1. The number of thiazole rings is 2. The number of ether oxygens (including phenoxy) is 5. The largest absolute Gasteiger partial charge is 1.00 e. The number of allylic oxidation sites excluding steroid dienone is 2. The van der Waals surface area contributed by atoms with Crippen molar-refractivity contribution in [3.05, 3.63) is 244 Å². The number of aldehydes is 1. The number of alkyl halides is 7. The molecule has 133 heavy (non-hydrogen) atoms. The number of benzene rings is 5. The van der Waals surface area contributed by atoms with Crippen LogP contribution < -0.4 is 11.1 Å². The second-order valence-electron chi connectivity index (χ2n) is 24.6. The zero-order chi connectivity index (χ0) is 101. The Hall–Kier alpha value is -3.66. The fourth-order valence-corrected chi connectivity index (χ4v) is 9.67. The number of nitrogens with zero attached hydrogens (tertiary/aromatic N) is 3. The Bertz CT molecular complexity index is 4810. The molecule has 46 heteroatoms. The number of rotatable bonds is 21. The number of methoxy groups -OCH3 is 5. The Balaban J connectivity index is -0.000000188. The summed E-state index contributed by atoms with van der Waals surface area (Å²) in [6, 6.07) is 16.0. The average Bonchev–Trinajstić information content (AvgIpc) is 1.23. The number of carbonyl (C=O) groups is 10. The van der Waals surface area contributed by atoms with Gasteiger partial charge in [-0.3, -0.25) is 43.4 Å². The molecule has 740 valence electrons. The van der Waals surface area contributed by atoms with E-state index in [0.29, 0.717) is 38.4 Å². The molecule has 0 amide bonds. The Morgan fingerprint density at radius 1 is 0.654 bits per heavy atom. The Labute approximate surface area is 927 Å². The first kappa shape index (κ1) is 147. The standard InChI is InChI=1S/C17H15F2N3O2S.C13H14F2O3.C13H12F2O3.C12H10F2O3.C7H4F2O.C5H8O3.C4H5N3S.C3H5I3.C3H6I2.C3H7I.C3H6I.C2H5I.CH3FS.CH3.Cu.Li.V/c1-9-13(16(23)24-3)17(2,10-4-5-11(18)12(19)8-10)22-14(21-9)15-20-6-7-25-15;2*1-7(12(8(2)16)13(17)18-3)9-4-5-10(14)11(15)6-9;1-7(15)9(12(16)17-2)5-8-3-4-10(13)11(14)6-8;8-6-2-1-5(4-10)3-7(6)9;1-4(6)3-5(7)8-2;5-3(6)4-7-1-2-8-4;1-2-3(4,5)6;1-2-3(4)5;2*1-2-3-4;1-2-3;1-3-2;;;;/h4-8H,1-3H3,(H,21,22);4-7,12H,1-3H3;4-6H,1-3H3;3-6H,1-2H3;1-4H;3H2,1-2H3;1-2H,(H3,5,6);2H2,1H3;3H,2H2,1H3;2-3H2,1H3;3H,2H2,1H3;2H2,1H3;1H3;1H3;;;/q;;;;;;;;;;-1;;;-1;+1;;/b;;12-7-;9-5-;;;;;;;;;;;;;. The molecule has 0 saturated carbocycles. The van der Waals surface area contributed by atoms with Gasteiger partial charge in [0, 0.05) is 96.2 Å². The first-order chi connectivity index (χ1) is 60.3. The second kappa shape index (κ2) is 84.1. The smallest absolute Gasteiger partial charge is 0.469 e. The predicted molar refractivity (Wildman–Crippen MR) is 568 cm³/mol.